The van der Waals surface area contributed by atoms with Gasteiger partial charge in [-0.3, -0.25) is 4.79 Å². The Bertz CT molecular complexity index is 465. The molecule has 0 saturated carbocycles. The van der Waals surface area contributed by atoms with Gasteiger partial charge in [-0.2, -0.15) is 0 Å². The molecule has 19 heavy (non-hydrogen) atoms. The van der Waals surface area contributed by atoms with Gasteiger partial charge in [0.1, 0.15) is 0 Å². The Hall–Kier alpha value is -1.32. The average molecular weight is 279 g/mol. The van der Waals surface area contributed by atoms with E-state index in [1.807, 2.05) is 24.3 Å². The molecule has 1 amide bonds. The van der Waals surface area contributed by atoms with Crippen LogP contribution in [-0.4, -0.2) is 37.0 Å². The molecule has 1 aliphatic heterocycles. The van der Waals surface area contributed by atoms with Crippen LogP contribution >= 0.6 is 11.6 Å². The third-order valence-corrected chi connectivity index (χ3v) is 3.73. The second-order valence-electron chi connectivity index (χ2n) is 4.94. The number of halogens is 1. The van der Waals surface area contributed by atoms with Gasteiger partial charge in [0.2, 0.25) is 5.91 Å². The van der Waals surface area contributed by atoms with Crippen LogP contribution in [0.2, 0.25) is 5.02 Å². The fraction of sp³-hybridized carbons (Fsp3) is 0.400. The first-order valence-corrected chi connectivity index (χ1v) is 6.94. The summed E-state index contributed by atoms with van der Waals surface area (Å²) in [5.74, 6) is -0.0468. The van der Waals surface area contributed by atoms with E-state index < -0.39 is 0 Å². The highest BCUT2D eigenvalue weighted by Gasteiger charge is 2.17. The predicted molar refractivity (Wildman–Crippen MR) is 79.1 cm³/mol. The molecule has 0 spiro atoms. The lowest BCUT2D eigenvalue weighted by atomic mass is 10.1. The van der Waals surface area contributed by atoms with Crippen LogP contribution in [0.15, 0.2) is 30.3 Å². The van der Waals surface area contributed by atoms with E-state index in [-0.39, 0.29) is 5.91 Å². The topological polar surface area (TPSA) is 32.3 Å². The minimum atomic E-state index is -0.0468. The molecule has 2 rings (SSSR count). The van der Waals surface area contributed by atoms with Crippen molar-refractivity contribution < 1.29 is 4.79 Å². The van der Waals surface area contributed by atoms with E-state index in [4.69, 9.17) is 11.6 Å². The molecule has 4 heteroatoms. The van der Waals surface area contributed by atoms with Gasteiger partial charge in [0.25, 0.3) is 0 Å². The maximum Gasteiger partial charge on any atom is 0.244 e. The first-order valence-electron chi connectivity index (χ1n) is 6.57. The van der Waals surface area contributed by atoms with Gasteiger partial charge in [-0.05, 0) is 50.7 Å². The van der Waals surface area contributed by atoms with Crippen molar-refractivity contribution >= 4 is 23.6 Å². The largest absolute Gasteiger partial charge is 0.350 e. The molecule has 0 bridgehead atoms. The lowest BCUT2D eigenvalue weighted by Crippen LogP contribution is -2.42. The monoisotopic (exact) mass is 278 g/mol. The van der Waals surface area contributed by atoms with Crippen molar-refractivity contribution in [2.45, 2.75) is 18.9 Å². The lowest BCUT2D eigenvalue weighted by Gasteiger charge is -2.29. The van der Waals surface area contributed by atoms with E-state index >= 15 is 0 Å². The van der Waals surface area contributed by atoms with Crippen LogP contribution in [-0.2, 0) is 4.79 Å². The third kappa shape index (κ3) is 4.37. The molecule has 1 aromatic rings. The van der Waals surface area contributed by atoms with Crippen molar-refractivity contribution in [3.63, 3.8) is 0 Å². The van der Waals surface area contributed by atoms with Crippen LogP contribution in [0.1, 0.15) is 18.4 Å². The van der Waals surface area contributed by atoms with Gasteiger partial charge < -0.3 is 10.2 Å². The Balaban J connectivity index is 1.86. The smallest absolute Gasteiger partial charge is 0.244 e. The van der Waals surface area contributed by atoms with E-state index in [1.54, 1.807) is 12.2 Å². The summed E-state index contributed by atoms with van der Waals surface area (Å²) in [5.41, 5.74) is 0.864. The molecule has 1 fully saturated rings. The summed E-state index contributed by atoms with van der Waals surface area (Å²) >= 11 is 6.03. The Kier molecular flexibility index (Phi) is 5.00. The number of piperidine rings is 1. The van der Waals surface area contributed by atoms with Crippen LogP contribution in [0.25, 0.3) is 6.08 Å². The van der Waals surface area contributed by atoms with Crippen molar-refractivity contribution in [1.29, 1.82) is 0 Å². The fourth-order valence-corrected chi connectivity index (χ4v) is 2.38. The summed E-state index contributed by atoms with van der Waals surface area (Å²) in [4.78, 5) is 14.1. The molecule has 0 radical (unpaired) electrons. The van der Waals surface area contributed by atoms with Crippen LogP contribution < -0.4 is 5.32 Å². The molecular weight excluding hydrogens is 260 g/mol. The molecule has 1 aromatic carbocycles. The van der Waals surface area contributed by atoms with Crippen molar-refractivity contribution in [2.75, 3.05) is 20.1 Å². The fourth-order valence-electron chi connectivity index (χ4n) is 2.18. The number of benzene rings is 1. The normalized spacial score (nSPS) is 17.8. The van der Waals surface area contributed by atoms with Gasteiger partial charge in [-0.25, -0.2) is 0 Å². The zero-order chi connectivity index (χ0) is 13.7. The molecule has 1 heterocycles. The maximum atomic E-state index is 11.8. The van der Waals surface area contributed by atoms with Crippen LogP contribution in [0, 0.1) is 0 Å². The number of likely N-dealkylation sites (tertiary alicyclic amines) is 1. The molecule has 102 valence electrons. The van der Waals surface area contributed by atoms with Crippen LogP contribution in [0.3, 0.4) is 0 Å². The number of rotatable bonds is 3. The zero-order valence-corrected chi connectivity index (χ0v) is 11.9. The van der Waals surface area contributed by atoms with E-state index in [0.29, 0.717) is 11.1 Å². The highest BCUT2D eigenvalue weighted by Crippen LogP contribution is 2.16. The first-order chi connectivity index (χ1) is 9.15. The SMILES string of the molecule is CN1CCC(NC(=O)/C=C/c2ccccc2Cl)CC1. The standard InChI is InChI=1S/C15H19ClN2O/c1-18-10-8-13(9-11-18)17-15(19)7-6-12-4-2-3-5-14(12)16/h2-7,13H,8-11H2,1H3,(H,17,19)/b7-6+. The molecule has 0 aromatic heterocycles. The van der Waals surface area contributed by atoms with Crippen molar-refractivity contribution in [1.82, 2.24) is 10.2 Å². The summed E-state index contributed by atoms with van der Waals surface area (Å²) in [6, 6.07) is 7.77. The van der Waals surface area contributed by atoms with E-state index in [9.17, 15) is 4.79 Å². The first kappa shape index (κ1) is 14.1. The van der Waals surface area contributed by atoms with Crippen LogP contribution in [0.4, 0.5) is 0 Å². The molecule has 0 aliphatic carbocycles. The van der Waals surface area contributed by atoms with Gasteiger partial charge in [0, 0.05) is 17.1 Å². The molecule has 1 N–H and O–H groups in total. The highest BCUT2D eigenvalue weighted by molar-refractivity contribution is 6.32. The number of hydrogen-bond donors (Lipinski definition) is 1. The minimum absolute atomic E-state index is 0.0468. The van der Waals surface area contributed by atoms with Gasteiger partial charge >= 0.3 is 0 Å². The number of nitrogens with zero attached hydrogens (tertiary/aromatic N) is 1. The Morgan fingerprint density at radius 3 is 2.74 bits per heavy atom. The van der Waals surface area contributed by atoms with Gasteiger partial charge in [-0.15, -0.1) is 0 Å². The minimum Gasteiger partial charge on any atom is -0.350 e. The average Bonchev–Trinajstić information content (AvgIpc) is 2.40. The Morgan fingerprint density at radius 1 is 1.37 bits per heavy atom. The lowest BCUT2D eigenvalue weighted by molar-refractivity contribution is -0.117. The maximum absolute atomic E-state index is 11.8. The van der Waals surface area contributed by atoms with Crippen molar-refractivity contribution in [3.05, 3.63) is 40.9 Å². The summed E-state index contributed by atoms with van der Waals surface area (Å²) in [6.07, 6.45) is 5.34. The van der Waals surface area contributed by atoms with Crippen molar-refractivity contribution in [2.24, 2.45) is 0 Å². The van der Waals surface area contributed by atoms with Gasteiger partial charge in [-0.1, -0.05) is 29.8 Å². The van der Waals surface area contributed by atoms with E-state index in [1.165, 1.54) is 0 Å². The van der Waals surface area contributed by atoms with E-state index in [2.05, 4.69) is 17.3 Å². The van der Waals surface area contributed by atoms with E-state index in [0.717, 1.165) is 31.5 Å². The second kappa shape index (κ2) is 6.73. The quantitative estimate of drug-likeness (QED) is 0.862. The number of carbonyl (C=O) groups is 1. The number of nitrogens with one attached hydrogen (secondary N) is 1. The molecule has 0 atom stereocenters. The zero-order valence-electron chi connectivity index (χ0n) is 11.1. The molecule has 1 saturated heterocycles. The molecule has 1 aliphatic rings. The predicted octanol–water partition coefficient (Wildman–Crippen LogP) is 2.56. The summed E-state index contributed by atoms with van der Waals surface area (Å²) in [7, 11) is 2.11. The third-order valence-electron chi connectivity index (χ3n) is 3.38. The van der Waals surface area contributed by atoms with Gasteiger partial charge in [0.15, 0.2) is 0 Å². The number of carbonyl (C=O) groups excluding carboxylic acids is 1. The summed E-state index contributed by atoms with van der Waals surface area (Å²) < 4.78 is 0. The Morgan fingerprint density at radius 2 is 2.05 bits per heavy atom. The number of amides is 1. The Labute approximate surface area is 119 Å². The van der Waals surface area contributed by atoms with Crippen LogP contribution in [0.5, 0.6) is 0 Å². The molecule has 3 nitrogen and oxygen atoms in total. The highest BCUT2D eigenvalue weighted by atomic mass is 35.5. The molecule has 0 unspecified atom stereocenters. The molecular formula is C15H19ClN2O. The van der Waals surface area contributed by atoms with Crippen molar-refractivity contribution in [3.8, 4) is 0 Å². The summed E-state index contributed by atoms with van der Waals surface area (Å²) in [5, 5.41) is 3.69. The second-order valence-corrected chi connectivity index (χ2v) is 5.35. The van der Waals surface area contributed by atoms with Gasteiger partial charge in [0.05, 0.1) is 0 Å². The summed E-state index contributed by atoms with van der Waals surface area (Å²) in [6.45, 7) is 2.08. The number of hydrogen-bond acceptors (Lipinski definition) is 2.